The lowest BCUT2D eigenvalue weighted by Crippen LogP contribution is -2.20. The highest BCUT2D eigenvalue weighted by atomic mass is 16.5. The predicted molar refractivity (Wildman–Crippen MR) is 101 cm³/mol. The van der Waals surface area contributed by atoms with Gasteiger partial charge in [0.05, 0.1) is 35.4 Å². The maximum atomic E-state index is 12.8. The summed E-state index contributed by atoms with van der Waals surface area (Å²) in [6.45, 7) is 5.80. The second-order valence-electron chi connectivity index (χ2n) is 6.83. The quantitative estimate of drug-likeness (QED) is 0.880. The molecule has 26 heavy (non-hydrogen) atoms. The third kappa shape index (κ3) is 4.20. The molecule has 1 aliphatic rings. The Morgan fingerprint density at radius 2 is 2.15 bits per heavy atom. The summed E-state index contributed by atoms with van der Waals surface area (Å²) in [6, 6.07) is 7.17. The zero-order chi connectivity index (χ0) is 18.7. The minimum Gasteiger partial charge on any atom is -0.489 e. The number of hydrogen-bond acceptors (Lipinski definition) is 5. The lowest BCUT2D eigenvalue weighted by Gasteiger charge is -2.17. The van der Waals surface area contributed by atoms with Gasteiger partial charge in [0.15, 0.2) is 0 Å². The van der Waals surface area contributed by atoms with Crippen molar-refractivity contribution in [2.45, 2.75) is 45.8 Å². The lowest BCUT2D eigenvalue weighted by molar-refractivity contribution is -0.118. The molecule has 0 saturated carbocycles. The lowest BCUT2D eigenvalue weighted by atomic mass is 10.0. The van der Waals surface area contributed by atoms with Crippen molar-refractivity contribution in [3.8, 4) is 5.75 Å². The summed E-state index contributed by atoms with van der Waals surface area (Å²) in [5.74, 6) is 0.519. The number of pyridine rings is 1. The number of hydrogen-bond donors (Lipinski definition) is 2. The number of nitrogens with zero attached hydrogens (tertiary/aromatic N) is 1. The van der Waals surface area contributed by atoms with E-state index in [-0.39, 0.29) is 23.8 Å². The number of fused-ring (bicyclic) bond motifs is 1. The van der Waals surface area contributed by atoms with Crippen molar-refractivity contribution in [3.05, 3.63) is 47.8 Å². The van der Waals surface area contributed by atoms with E-state index in [1.165, 1.54) is 0 Å². The number of benzene rings is 1. The zero-order valence-electron chi connectivity index (χ0n) is 15.2. The van der Waals surface area contributed by atoms with E-state index in [4.69, 9.17) is 4.74 Å². The Morgan fingerprint density at radius 3 is 2.92 bits per heavy atom. The summed E-state index contributed by atoms with van der Waals surface area (Å²) in [6.07, 6.45) is 4.00. The highest BCUT2D eigenvalue weighted by Crippen LogP contribution is 2.28. The fourth-order valence-electron chi connectivity index (χ4n) is 3.05. The van der Waals surface area contributed by atoms with Gasteiger partial charge in [0.2, 0.25) is 0 Å². The number of ketones is 1. The van der Waals surface area contributed by atoms with E-state index in [0.717, 1.165) is 11.3 Å². The van der Waals surface area contributed by atoms with Crippen LogP contribution in [0.2, 0.25) is 0 Å². The SMILES string of the molecule is CC(C)Oc1cncc(NC(=O)c2cccc3c2N[C@H](C)CC(=O)C3)c1. The molecule has 1 aromatic heterocycles. The van der Waals surface area contributed by atoms with Crippen molar-refractivity contribution in [2.24, 2.45) is 0 Å². The molecule has 0 aliphatic carbocycles. The number of anilines is 2. The zero-order valence-corrected chi connectivity index (χ0v) is 15.2. The van der Waals surface area contributed by atoms with Crippen molar-refractivity contribution < 1.29 is 14.3 Å². The summed E-state index contributed by atoms with van der Waals surface area (Å²) >= 11 is 0. The predicted octanol–water partition coefficient (Wildman–Crippen LogP) is 3.44. The average molecular weight is 353 g/mol. The van der Waals surface area contributed by atoms with E-state index >= 15 is 0 Å². The number of aromatic nitrogens is 1. The third-order valence-corrected chi connectivity index (χ3v) is 4.05. The first kappa shape index (κ1) is 17.9. The molecule has 2 aromatic rings. The minimum atomic E-state index is -0.251. The summed E-state index contributed by atoms with van der Waals surface area (Å²) < 4.78 is 5.61. The average Bonchev–Trinajstić information content (AvgIpc) is 2.70. The van der Waals surface area contributed by atoms with Gasteiger partial charge in [-0.2, -0.15) is 0 Å². The number of carbonyl (C=O) groups excluding carboxylic acids is 2. The molecule has 3 rings (SSSR count). The van der Waals surface area contributed by atoms with Crippen molar-refractivity contribution >= 4 is 23.1 Å². The van der Waals surface area contributed by atoms with Gasteiger partial charge in [0.25, 0.3) is 5.91 Å². The van der Waals surface area contributed by atoms with Gasteiger partial charge >= 0.3 is 0 Å². The minimum absolute atomic E-state index is 0.0119. The second-order valence-corrected chi connectivity index (χ2v) is 6.83. The molecule has 136 valence electrons. The normalized spacial score (nSPS) is 16.5. The molecule has 0 spiro atoms. The van der Waals surface area contributed by atoms with Crippen molar-refractivity contribution in [1.82, 2.24) is 4.98 Å². The van der Waals surface area contributed by atoms with Crippen molar-refractivity contribution in [2.75, 3.05) is 10.6 Å². The molecule has 0 bridgehead atoms. The maximum absolute atomic E-state index is 12.8. The van der Waals surface area contributed by atoms with E-state index in [2.05, 4.69) is 15.6 Å². The Bertz CT molecular complexity index is 833. The van der Waals surface area contributed by atoms with Crippen LogP contribution in [0.5, 0.6) is 5.75 Å². The molecule has 2 N–H and O–H groups in total. The van der Waals surface area contributed by atoms with E-state index < -0.39 is 0 Å². The first-order valence-electron chi connectivity index (χ1n) is 8.75. The number of amides is 1. The van der Waals surface area contributed by atoms with E-state index in [0.29, 0.717) is 29.8 Å². The van der Waals surface area contributed by atoms with Gasteiger partial charge in [0.1, 0.15) is 11.5 Å². The Morgan fingerprint density at radius 1 is 1.35 bits per heavy atom. The largest absolute Gasteiger partial charge is 0.489 e. The number of rotatable bonds is 4. The Kier molecular flexibility index (Phi) is 5.21. The number of carbonyl (C=O) groups is 2. The van der Waals surface area contributed by atoms with Crippen LogP contribution in [0.3, 0.4) is 0 Å². The number of Topliss-reactive ketones (excluding diaryl/α,β-unsaturated/α-hetero) is 1. The molecule has 6 heteroatoms. The van der Waals surface area contributed by atoms with Gasteiger partial charge in [-0.05, 0) is 32.4 Å². The first-order valence-corrected chi connectivity index (χ1v) is 8.75. The van der Waals surface area contributed by atoms with Gasteiger partial charge in [-0.25, -0.2) is 0 Å². The smallest absolute Gasteiger partial charge is 0.257 e. The van der Waals surface area contributed by atoms with Gasteiger partial charge < -0.3 is 15.4 Å². The summed E-state index contributed by atoms with van der Waals surface area (Å²) in [4.78, 5) is 28.9. The number of para-hydroxylation sites is 1. The third-order valence-electron chi connectivity index (χ3n) is 4.05. The molecule has 0 unspecified atom stereocenters. The number of nitrogens with one attached hydrogen (secondary N) is 2. The fourth-order valence-corrected chi connectivity index (χ4v) is 3.05. The summed E-state index contributed by atoms with van der Waals surface area (Å²) in [5, 5.41) is 6.17. The molecular weight excluding hydrogens is 330 g/mol. The molecule has 1 aromatic carbocycles. The highest BCUT2D eigenvalue weighted by Gasteiger charge is 2.22. The van der Waals surface area contributed by atoms with Crippen LogP contribution in [0.4, 0.5) is 11.4 Å². The molecule has 6 nitrogen and oxygen atoms in total. The molecule has 0 saturated heterocycles. The van der Waals surface area contributed by atoms with Crippen molar-refractivity contribution in [3.63, 3.8) is 0 Å². The Balaban J connectivity index is 1.85. The molecule has 2 heterocycles. The van der Waals surface area contributed by atoms with Gasteiger partial charge in [-0.15, -0.1) is 0 Å². The molecule has 1 atom stereocenters. The monoisotopic (exact) mass is 353 g/mol. The van der Waals surface area contributed by atoms with Crippen molar-refractivity contribution in [1.29, 1.82) is 0 Å². The standard InChI is InChI=1S/C20H23N3O3/c1-12(2)26-17-9-15(10-21-11-17)23-20(25)18-6-4-5-14-8-16(24)7-13(3)22-19(14)18/h4-6,9-13,22H,7-8H2,1-3H3,(H,23,25)/t13-/m1/s1. The molecule has 1 aliphatic heterocycles. The van der Waals surface area contributed by atoms with E-state index in [1.54, 1.807) is 30.6 Å². The van der Waals surface area contributed by atoms with Crippen LogP contribution in [0.25, 0.3) is 0 Å². The first-order chi connectivity index (χ1) is 12.4. The summed E-state index contributed by atoms with van der Waals surface area (Å²) in [7, 11) is 0. The summed E-state index contributed by atoms with van der Waals surface area (Å²) in [5.41, 5.74) is 2.65. The van der Waals surface area contributed by atoms with Crippen LogP contribution < -0.4 is 15.4 Å². The Hall–Kier alpha value is -2.89. The van der Waals surface area contributed by atoms with Crippen LogP contribution in [-0.2, 0) is 11.2 Å². The van der Waals surface area contributed by atoms with E-state index in [9.17, 15) is 9.59 Å². The molecule has 0 radical (unpaired) electrons. The van der Waals surface area contributed by atoms with Gasteiger partial charge in [-0.3, -0.25) is 14.6 Å². The van der Waals surface area contributed by atoms with Gasteiger partial charge in [-0.1, -0.05) is 12.1 Å². The van der Waals surface area contributed by atoms with Crippen LogP contribution >= 0.6 is 0 Å². The topological polar surface area (TPSA) is 80.3 Å². The van der Waals surface area contributed by atoms with Crippen LogP contribution in [0.15, 0.2) is 36.7 Å². The second kappa shape index (κ2) is 7.56. The van der Waals surface area contributed by atoms with Crippen LogP contribution in [0, 0.1) is 0 Å². The molecular formula is C20H23N3O3. The maximum Gasteiger partial charge on any atom is 0.257 e. The number of ether oxygens (including phenoxy) is 1. The molecule has 1 amide bonds. The molecule has 0 fully saturated rings. The van der Waals surface area contributed by atoms with Crippen LogP contribution in [0.1, 0.15) is 43.1 Å². The van der Waals surface area contributed by atoms with E-state index in [1.807, 2.05) is 26.8 Å². The highest BCUT2D eigenvalue weighted by molar-refractivity contribution is 6.09. The van der Waals surface area contributed by atoms with Crippen LogP contribution in [-0.4, -0.2) is 28.8 Å². The fraction of sp³-hybridized carbons (Fsp3) is 0.350. The van der Waals surface area contributed by atoms with Gasteiger partial charge in [0, 0.05) is 24.9 Å². The Labute approximate surface area is 153 Å².